The van der Waals surface area contributed by atoms with Gasteiger partial charge in [0.25, 0.3) is 5.92 Å². The van der Waals surface area contributed by atoms with Crippen LogP contribution in [-0.4, -0.2) is 59.5 Å². The Morgan fingerprint density at radius 2 is 1.60 bits per heavy atom. The standard InChI is InChI=1S/C22H23F2N5O2.5C2H6.CH5N/c1-28(12-21(31)27-20-9-22(20,23)24)11-14-4-3-5-18(17(14)13-30)26-16-6-7-19-15(8-16)10-25-29(19)2;6*1-2/h3-8,10,13,20,26H,9,11-12H2,1-2H3,(H,27,31);5*1-2H3;2H2,1H3. The van der Waals surface area contributed by atoms with E-state index in [0.717, 1.165) is 28.4 Å². The van der Waals surface area contributed by atoms with Gasteiger partial charge in [0.2, 0.25) is 5.91 Å². The van der Waals surface area contributed by atoms with Gasteiger partial charge in [0.05, 0.1) is 24.3 Å². The van der Waals surface area contributed by atoms with Crippen LogP contribution in [0.2, 0.25) is 0 Å². The summed E-state index contributed by atoms with van der Waals surface area (Å²) in [5.74, 6) is -3.26. The van der Waals surface area contributed by atoms with Gasteiger partial charge in [-0.05, 0) is 43.9 Å². The number of carbonyl (C=O) groups excluding carboxylic acids is 2. The molecule has 4 N–H and O–H groups in total. The van der Waals surface area contributed by atoms with Crippen LogP contribution in [0.4, 0.5) is 20.2 Å². The molecule has 0 radical (unpaired) electrons. The Morgan fingerprint density at radius 3 is 2.12 bits per heavy atom. The summed E-state index contributed by atoms with van der Waals surface area (Å²) in [6.45, 7) is 20.3. The maximum absolute atomic E-state index is 13.0. The van der Waals surface area contributed by atoms with Crippen molar-refractivity contribution >= 4 is 34.5 Å². The Labute approximate surface area is 259 Å². The highest BCUT2D eigenvalue weighted by Gasteiger charge is 2.57. The van der Waals surface area contributed by atoms with Gasteiger partial charge in [-0.1, -0.05) is 81.4 Å². The van der Waals surface area contributed by atoms with Gasteiger partial charge in [-0.3, -0.25) is 19.2 Å². The summed E-state index contributed by atoms with van der Waals surface area (Å²) in [7, 11) is 5.08. The van der Waals surface area contributed by atoms with E-state index in [1.54, 1.807) is 22.8 Å². The molecule has 0 aliphatic heterocycles. The van der Waals surface area contributed by atoms with Crippen molar-refractivity contribution < 1.29 is 18.4 Å². The predicted molar refractivity (Wildman–Crippen MR) is 181 cm³/mol. The molecule has 1 unspecified atom stereocenters. The van der Waals surface area contributed by atoms with Crippen molar-refractivity contribution in [1.82, 2.24) is 20.0 Å². The molecule has 246 valence electrons. The number of nitrogens with zero attached hydrogens (tertiary/aromatic N) is 3. The maximum atomic E-state index is 13.0. The van der Waals surface area contributed by atoms with Crippen molar-refractivity contribution in [3.8, 4) is 0 Å². The quantitative estimate of drug-likeness (QED) is 0.226. The van der Waals surface area contributed by atoms with E-state index < -0.39 is 17.9 Å². The molecular weight excluding hydrogens is 550 g/mol. The van der Waals surface area contributed by atoms with Gasteiger partial charge >= 0.3 is 0 Å². The molecule has 0 saturated heterocycles. The Bertz CT molecular complexity index is 1150. The zero-order chi connectivity index (χ0) is 34.2. The average Bonchev–Trinajstić information content (AvgIpc) is 3.48. The number of hydrogen-bond donors (Lipinski definition) is 3. The number of aryl methyl sites for hydroxylation is 1. The number of aldehydes is 1. The third-order valence-electron chi connectivity index (χ3n) is 5.35. The van der Waals surface area contributed by atoms with Crippen molar-refractivity contribution in [2.24, 2.45) is 12.8 Å². The lowest BCUT2D eigenvalue weighted by atomic mass is 10.1. The summed E-state index contributed by atoms with van der Waals surface area (Å²) < 4.78 is 27.7. The molecule has 43 heavy (non-hydrogen) atoms. The number of benzene rings is 2. The molecule has 4 rings (SSSR count). The zero-order valence-corrected chi connectivity index (χ0v) is 28.8. The van der Waals surface area contributed by atoms with E-state index in [1.165, 1.54) is 7.05 Å². The molecule has 10 heteroatoms. The molecule has 1 fully saturated rings. The highest BCUT2D eigenvalue weighted by Crippen LogP contribution is 2.41. The number of carbonyl (C=O) groups is 2. The van der Waals surface area contributed by atoms with Gasteiger partial charge < -0.3 is 16.4 Å². The minimum absolute atomic E-state index is 0.0415. The lowest BCUT2D eigenvalue weighted by Crippen LogP contribution is -2.37. The normalized spacial score (nSPS) is 13.1. The Morgan fingerprint density at radius 1 is 1.05 bits per heavy atom. The number of anilines is 2. The van der Waals surface area contributed by atoms with Crippen LogP contribution in [0.15, 0.2) is 42.6 Å². The number of aromatic nitrogens is 2. The molecule has 3 aromatic rings. The van der Waals surface area contributed by atoms with Crippen molar-refractivity contribution in [3.63, 3.8) is 0 Å². The molecular formula is C33H58F2N6O2. The molecule has 1 saturated carbocycles. The third kappa shape index (κ3) is 14.6. The molecule has 0 spiro atoms. The minimum Gasteiger partial charge on any atom is -0.355 e. The van der Waals surface area contributed by atoms with Crippen molar-refractivity contribution in [2.75, 3.05) is 26.0 Å². The van der Waals surface area contributed by atoms with Crippen molar-refractivity contribution in [1.29, 1.82) is 0 Å². The summed E-state index contributed by atoms with van der Waals surface area (Å²) in [4.78, 5) is 25.5. The molecule has 1 aromatic heterocycles. The minimum atomic E-state index is -2.79. The highest BCUT2D eigenvalue weighted by molar-refractivity contribution is 5.90. The number of halogens is 2. The summed E-state index contributed by atoms with van der Waals surface area (Å²) in [5.41, 5.74) is 8.17. The van der Waals surface area contributed by atoms with E-state index in [1.807, 2.05) is 113 Å². The summed E-state index contributed by atoms with van der Waals surface area (Å²) in [5, 5.41) is 10.8. The first kappa shape index (κ1) is 44.1. The van der Waals surface area contributed by atoms with Gasteiger partial charge in [-0.25, -0.2) is 8.78 Å². The van der Waals surface area contributed by atoms with E-state index in [0.29, 0.717) is 17.8 Å². The van der Waals surface area contributed by atoms with Crippen molar-refractivity contribution in [2.45, 2.75) is 94.2 Å². The van der Waals surface area contributed by atoms with Gasteiger partial charge in [-0.2, -0.15) is 5.10 Å². The third-order valence-corrected chi connectivity index (χ3v) is 5.35. The van der Waals surface area contributed by atoms with E-state index >= 15 is 0 Å². The first-order chi connectivity index (χ1) is 20.8. The molecule has 1 heterocycles. The topological polar surface area (TPSA) is 105 Å². The second-order valence-electron chi connectivity index (χ2n) is 7.92. The van der Waals surface area contributed by atoms with Crippen LogP contribution >= 0.6 is 0 Å². The lowest BCUT2D eigenvalue weighted by molar-refractivity contribution is -0.122. The maximum Gasteiger partial charge on any atom is 0.270 e. The summed E-state index contributed by atoms with van der Waals surface area (Å²) in [6, 6.07) is 10.2. The van der Waals surface area contributed by atoms with Crippen LogP contribution in [0, 0.1) is 0 Å². The number of nitrogens with two attached hydrogens (primary N) is 1. The van der Waals surface area contributed by atoms with Crippen LogP contribution in [0.1, 0.15) is 91.6 Å². The Hall–Kier alpha value is -3.37. The fraction of sp³-hybridized carbons (Fsp3) is 0.545. The number of hydrogen-bond acceptors (Lipinski definition) is 6. The number of likely N-dealkylation sites (N-methyl/N-ethyl adjacent to an activating group) is 1. The summed E-state index contributed by atoms with van der Waals surface area (Å²) in [6.07, 6.45) is 2.24. The number of amides is 1. The predicted octanol–water partition coefficient (Wildman–Crippen LogP) is 7.79. The molecule has 1 atom stereocenters. The van der Waals surface area contributed by atoms with Crippen LogP contribution in [0.25, 0.3) is 10.9 Å². The molecule has 2 aromatic carbocycles. The monoisotopic (exact) mass is 608 g/mol. The number of nitrogens with one attached hydrogen (secondary N) is 2. The van der Waals surface area contributed by atoms with E-state index in [9.17, 15) is 18.4 Å². The number of alkyl halides is 2. The summed E-state index contributed by atoms with van der Waals surface area (Å²) >= 11 is 0. The van der Waals surface area contributed by atoms with Crippen LogP contribution in [0.5, 0.6) is 0 Å². The van der Waals surface area contributed by atoms with Crippen LogP contribution in [-0.2, 0) is 18.4 Å². The van der Waals surface area contributed by atoms with Crippen LogP contribution < -0.4 is 16.4 Å². The van der Waals surface area contributed by atoms with E-state index in [2.05, 4.69) is 21.5 Å². The Kier molecular flexibility index (Phi) is 25.8. The first-order valence-corrected chi connectivity index (χ1v) is 15.5. The molecule has 1 aliphatic rings. The highest BCUT2D eigenvalue weighted by atomic mass is 19.3. The number of rotatable bonds is 8. The SMILES string of the molecule is CC.CC.CC.CC.CC.CN.CN(CC(=O)NC1CC1(F)F)Cc1cccc(Nc2ccc3c(cnn3C)c2)c1C=O. The molecule has 0 bridgehead atoms. The lowest BCUT2D eigenvalue weighted by Gasteiger charge is -2.19. The van der Waals surface area contributed by atoms with E-state index in [4.69, 9.17) is 0 Å². The van der Waals surface area contributed by atoms with Gasteiger partial charge in [0.1, 0.15) is 0 Å². The zero-order valence-electron chi connectivity index (χ0n) is 28.8. The van der Waals surface area contributed by atoms with Crippen LogP contribution in [0.3, 0.4) is 0 Å². The largest absolute Gasteiger partial charge is 0.355 e. The van der Waals surface area contributed by atoms with E-state index in [-0.39, 0.29) is 13.0 Å². The number of fused-ring (bicyclic) bond motifs is 1. The molecule has 1 aliphatic carbocycles. The van der Waals surface area contributed by atoms with Gasteiger partial charge in [0, 0.05) is 42.3 Å². The second-order valence-corrected chi connectivity index (χ2v) is 7.92. The fourth-order valence-corrected chi connectivity index (χ4v) is 3.60. The van der Waals surface area contributed by atoms with Gasteiger partial charge in [0.15, 0.2) is 6.29 Å². The molecule has 8 nitrogen and oxygen atoms in total. The Balaban J connectivity index is -0.00000119. The second kappa shape index (κ2) is 25.2. The van der Waals surface area contributed by atoms with Gasteiger partial charge in [-0.15, -0.1) is 0 Å². The average molecular weight is 609 g/mol. The fourth-order valence-electron chi connectivity index (χ4n) is 3.60. The first-order valence-electron chi connectivity index (χ1n) is 15.5. The molecule has 1 amide bonds. The van der Waals surface area contributed by atoms with Crippen molar-refractivity contribution in [3.05, 3.63) is 53.7 Å². The smallest absolute Gasteiger partial charge is 0.270 e.